The topological polar surface area (TPSA) is 148 Å². The van der Waals surface area contributed by atoms with E-state index in [-0.39, 0.29) is 41.9 Å². The number of ether oxygens (including phenoxy) is 1. The Labute approximate surface area is 192 Å². The maximum atomic E-state index is 12.9. The molecule has 10 nitrogen and oxygen atoms in total. The Bertz CT molecular complexity index is 1130. The fraction of sp³-hybridized carbons (Fsp3) is 0.318. The van der Waals surface area contributed by atoms with Gasteiger partial charge in [-0.3, -0.25) is 14.4 Å². The molecule has 2 aromatic carbocycles. The van der Waals surface area contributed by atoms with E-state index in [4.69, 9.17) is 10.5 Å². The molecule has 11 heteroatoms. The van der Waals surface area contributed by atoms with Crippen molar-refractivity contribution in [2.75, 3.05) is 32.1 Å². The number of nitrogens with zero attached hydrogens (tertiary/aromatic N) is 1. The van der Waals surface area contributed by atoms with E-state index in [9.17, 15) is 22.8 Å². The first-order chi connectivity index (χ1) is 15.7. The molecule has 33 heavy (non-hydrogen) atoms. The quantitative estimate of drug-likeness (QED) is 0.519. The van der Waals surface area contributed by atoms with Crippen LogP contribution in [0.15, 0.2) is 53.4 Å². The highest BCUT2D eigenvalue weighted by Gasteiger charge is 2.32. The molecule has 1 heterocycles. The predicted octanol–water partition coefficient (Wildman–Crippen LogP) is 0.950. The normalized spacial score (nSPS) is 14.9. The molecule has 2 aromatic rings. The van der Waals surface area contributed by atoms with Gasteiger partial charge in [-0.15, -0.1) is 0 Å². The minimum Gasteiger partial charge on any atom is -0.497 e. The number of anilines is 1. The van der Waals surface area contributed by atoms with Crippen LogP contribution in [0.1, 0.15) is 23.2 Å². The lowest BCUT2D eigenvalue weighted by atomic mass is 9.97. The largest absolute Gasteiger partial charge is 0.497 e. The van der Waals surface area contributed by atoms with E-state index < -0.39 is 21.8 Å². The van der Waals surface area contributed by atoms with Crippen LogP contribution in [0.5, 0.6) is 5.75 Å². The molecule has 1 aliphatic heterocycles. The number of amides is 3. The molecular weight excluding hydrogens is 448 g/mol. The molecule has 0 spiro atoms. The van der Waals surface area contributed by atoms with Crippen molar-refractivity contribution in [3.63, 3.8) is 0 Å². The number of methoxy groups -OCH3 is 1. The van der Waals surface area contributed by atoms with Gasteiger partial charge in [0, 0.05) is 30.3 Å². The zero-order valence-electron chi connectivity index (χ0n) is 18.1. The highest BCUT2D eigenvalue weighted by Crippen LogP contribution is 2.26. The van der Waals surface area contributed by atoms with E-state index in [1.54, 1.807) is 30.3 Å². The van der Waals surface area contributed by atoms with Gasteiger partial charge in [0.1, 0.15) is 5.75 Å². The van der Waals surface area contributed by atoms with Gasteiger partial charge in [-0.1, -0.05) is 6.07 Å². The van der Waals surface area contributed by atoms with E-state index in [1.165, 1.54) is 29.6 Å². The van der Waals surface area contributed by atoms with Gasteiger partial charge < -0.3 is 21.1 Å². The molecule has 1 fully saturated rings. The standard InChI is InChI=1S/C22H26N4O6S/c1-32-18-5-7-19(8-6-18)33(30,31)26-11-9-15(10-12-26)22(29)25-17-4-2-3-16(13-17)21(28)24-14-20(23)27/h2-8,13,15H,9-12,14H2,1H3,(H2,23,27)(H,24,28)(H,25,29). The highest BCUT2D eigenvalue weighted by atomic mass is 32.2. The lowest BCUT2D eigenvalue weighted by Gasteiger charge is -2.30. The number of carbonyl (C=O) groups excluding carboxylic acids is 3. The zero-order valence-corrected chi connectivity index (χ0v) is 18.9. The van der Waals surface area contributed by atoms with Gasteiger partial charge in [-0.25, -0.2) is 8.42 Å². The second-order valence-electron chi connectivity index (χ2n) is 7.57. The molecule has 0 radical (unpaired) electrons. The summed E-state index contributed by atoms with van der Waals surface area (Å²) in [5, 5.41) is 5.16. The first-order valence-electron chi connectivity index (χ1n) is 10.3. The van der Waals surface area contributed by atoms with E-state index in [0.717, 1.165) is 0 Å². The number of sulfonamides is 1. The van der Waals surface area contributed by atoms with Crippen LogP contribution in [0.4, 0.5) is 5.69 Å². The fourth-order valence-corrected chi connectivity index (χ4v) is 4.98. The number of piperidine rings is 1. The number of benzene rings is 2. The fourth-order valence-electron chi connectivity index (χ4n) is 3.51. The maximum Gasteiger partial charge on any atom is 0.251 e. The van der Waals surface area contributed by atoms with Gasteiger partial charge >= 0.3 is 0 Å². The van der Waals surface area contributed by atoms with Gasteiger partial charge in [0.25, 0.3) is 5.91 Å². The number of rotatable bonds is 8. The van der Waals surface area contributed by atoms with Crippen LogP contribution in [0, 0.1) is 5.92 Å². The Morgan fingerprint density at radius 2 is 1.76 bits per heavy atom. The van der Waals surface area contributed by atoms with Crippen LogP contribution in [-0.4, -0.2) is 57.2 Å². The Balaban J connectivity index is 1.57. The molecule has 0 aromatic heterocycles. The Morgan fingerprint density at radius 3 is 2.36 bits per heavy atom. The number of hydrogen-bond acceptors (Lipinski definition) is 6. The molecule has 3 amide bonds. The molecule has 3 rings (SSSR count). The van der Waals surface area contributed by atoms with E-state index >= 15 is 0 Å². The van der Waals surface area contributed by atoms with Crippen molar-refractivity contribution in [3.8, 4) is 5.75 Å². The number of nitrogens with two attached hydrogens (primary N) is 1. The Morgan fingerprint density at radius 1 is 1.09 bits per heavy atom. The molecule has 0 saturated carbocycles. The van der Waals surface area contributed by atoms with Crippen LogP contribution in [0.25, 0.3) is 0 Å². The summed E-state index contributed by atoms with van der Waals surface area (Å²) >= 11 is 0. The summed E-state index contributed by atoms with van der Waals surface area (Å²) in [6, 6.07) is 12.5. The van der Waals surface area contributed by atoms with E-state index in [2.05, 4.69) is 10.6 Å². The molecular formula is C22H26N4O6S. The van der Waals surface area contributed by atoms with Gasteiger partial charge in [-0.2, -0.15) is 4.31 Å². The summed E-state index contributed by atoms with van der Waals surface area (Å²) in [6.07, 6.45) is 0.750. The molecule has 4 N–H and O–H groups in total. The molecule has 1 aliphatic rings. The molecule has 0 unspecified atom stereocenters. The summed E-state index contributed by atoms with van der Waals surface area (Å²) in [5.41, 5.74) is 5.73. The van der Waals surface area contributed by atoms with Gasteiger partial charge in [0.05, 0.1) is 18.6 Å². The average molecular weight is 475 g/mol. The smallest absolute Gasteiger partial charge is 0.251 e. The molecule has 0 aliphatic carbocycles. The third-order valence-corrected chi connectivity index (χ3v) is 7.25. The summed E-state index contributed by atoms with van der Waals surface area (Å²) in [5.74, 6) is -1.18. The lowest BCUT2D eigenvalue weighted by Crippen LogP contribution is -2.41. The van der Waals surface area contributed by atoms with Crippen LogP contribution in [-0.2, 0) is 19.6 Å². The minimum atomic E-state index is -3.65. The van der Waals surface area contributed by atoms with Crippen molar-refractivity contribution in [2.24, 2.45) is 11.7 Å². The zero-order chi connectivity index (χ0) is 24.0. The Hall–Kier alpha value is -3.44. The third kappa shape index (κ3) is 6.08. The molecule has 0 bridgehead atoms. The first kappa shape index (κ1) is 24.2. The van der Waals surface area contributed by atoms with Crippen LogP contribution in [0.3, 0.4) is 0 Å². The first-order valence-corrected chi connectivity index (χ1v) is 11.8. The van der Waals surface area contributed by atoms with Crippen molar-refractivity contribution in [1.82, 2.24) is 9.62 Å². The SMILES string of the molecule is COc1ccc(S(=O)(=O)N2CCC(C(=O)Nc3cccc(C(=O)NCC(N)=O)c3)CC2)cc1. The van der Waals surface area contributed by atoms with E-state index in [1.807, 2.05) is 0 Å². The maximum absolute atomic E-state index is 12.9. The van der Waals surface area contributed by atoms with Crippen LogP contribution < -0.4 is 21.1 Å². The average Bonchev–Trinajstić information content (AvgIpc) is 2.82. The van der Waals surface area contributed by atoms with E-state index in [0.29, 0.717) is 24.3 Å². The lowest BCUT2D eigenvalue weighted by molar-refractivity contribution is -0.121. The molecule has 1 saturated heterocycles. The van der Waals surface area contributed by atoms with Gasteiger partial charge in [0.2, 0.25) is 21.8 Å². The van der Waals surface area contributed by atoms with Crippen LogP contribution in [0.2, 0.25) is 0 Å². The van der Waals surface area contributed by atoms with Crippen molar-refractivity contribution in [3.05, 3.63) is 54.1 Å². The van der Waals surface area contributed by atoms with Gasteiger partial charge in [0.15, 0.2) is 0 Å². The number of hydrogen-bond donors (Lipinski definition) is 3. The molecule has 0 atom stereocenters. The van der Waals surface area contributed by atoms with Crippen LogP contribution >= 0.6 is 0 Å². The molecule has 176 valence electrons. The number of carbonyl (C=O) groups is 3. The number of primary amides is 1. The van der Waals surface area contributed by atoms with Crippen molar-refractivity contribution in [2.45, 2.75) is 17.7 Å². The van der Waals surface area contributed by atoms with Crippen molar-refractivity contribution in [1.29, 1.82) is 0 Å². The Kier molecular flexibility index (Phi) is 7.67. The van der Waals surface area contributed by atoms with Gasteiger partial charge in [-0.05, 0) is 55.3 Å². The third-order valence-electron chi connectivity index (χ3n) is 5.34. The summed E-state index contributed by atoms with van der Waals surface area (Å²) in [6.45, 7) is 0.164. The minimum absolute atomic E-state index is 0.178. The second-order valence-corrected chi connectivity index (χ2v) is 9.51. The summed E-state index contributed by atoms with van der Waals surface area (Å²) < 4.78 is 32.2. The van der Waals surface area contributed by atoms with Crippen molar-refractivity contribution < 1.29 is 27.5 Å². The number of nitrogens with one attached hydrogen (secondary N) is 2. The second kappa shape index (κ2) is 10.5. The summed E-state index contributed by atoms with van der Waals surface area (Å²) in [7, 11) is -2.14. The predicted molar refractivity (Wildman–Crippen MR) is 121 cm³/mol. The van der Waals surface area contributed by atoms with Crippen molar-refractivity contribution >= 4 is 33.4 Å². The highest BCUT2D eigenvalue weighted by molar-refractivity contribution is 7.89. The summed E-state index contributed by atoms with van der Waals surface area (Å²) in [4.78, 5) is 35.8. The monoisotopic (exact) mass is 474 g/mol.